The predicted molar refractivity (Wildman–Crippen MR) is 140 cm³/mol. The maximum Gasteiger partial charge on any atom is 0.273 e. The second-order valence-corrected chi connectivity index (χ2v) is 9.49. The van der Waals surface area contributed by atoms with Gasteiger partial charge in [-0.15, -0.1) is 0 Å². The Morgan fingerprint density at radius 3 is 2.92 bits per heavy atom. The number of anilines is 1. The summed E-state index contributed by atoms with van der Waals surface area (Å²) in [5, 5.41) is 13.8. The number of halogens is 1. The molecule has 38 heavy (non-hydrogen) atoms. The number of amides is 2. The van der Waals surface area contributed by atoms with Crippen molar-refractivity contribution in [1.29, 1.82) is 0 Å². The van der Waals surface area contributed by atoms with Gasteiger partial charge in [0.25, 0.3) is 5.91 Å². The van der Waals surface area contributed by atoms with Crippen LogP contribution >= 0.6 is 0 Å². The van der Waals surface area contributed by atoms with E-state index >= 15 is 4.39 Å². The van der Waals surface area contributed by atoms with Crippen molar-refractivity contribution in [3.05, 3.63) is 72.3 Å². The van der Waals surface area contributed by atoms with Crippen molar-refractivity contribution >= 4 is 28.7 Å². The zero-order valence-electron chi connectivity index (χ0n) is 21.1. The van der Waals surface area contributed by atoms with Crippen LogP contribution in [0.1, 0.15) is 48.1 Å². The first-order chi connectivity index (χ1) is 18.3. The lowest BCUT2D eigenvalue weighted by Gasteiger charge is -2.17. The number of hydrogen-bond donors (Lipinski definition) is 3. The van der Waals surface area contributed by atoms with Crippen LogP contribution in [0.3, 0.4) is 0 Å². The number of fused-ring (bicyclic) bond motifs is 1. The van der Waals surface area contributed by atoms with Crippen LogP contribution in [-0.2, 0) is 11.3 Å². The van der Waals surface area contributed by atoms with E-state index in [4.69, 9.17) is 4.42 Å². The summed E-state index contributed by atoms with van der Waals surface area (Å²) in [6.45, 7) is 8.63. The van der Waals surface area contributed by atoms with E-state index in [-0.39, 0.29) is 30.1 Å². The first kappa shape index (κ1) is 25.1. The van der Waals surface area contributed by atoms with Crippen LogP contribution in [0, 0.1) is 5.82 Å². The molecule has 10 nitrogen and oxygen atoms in total. The first-order valence-electron chi connectivity index (χ1n) is 12.4. The van der Waals surface area contributed by atoms with Crippen molar-refractivity contribution < 1.29 is 18.4 Å². The topological polar surface area (TPSA) is 129 Å². The highest BCUT2D eigenvalue weighted by atomic mass is 19.1. The standard InChI is InChI=1S/C27H28FN7O3/c1-4-22(36)31-18-8-10-35(13-18)25-23-19(7-9-29-24(23)33-34-25)16-5-6-17(20(28)11-16)12-30-26(37)21-14-38-27(32-21)15(2)3/h4-7,9,11,14-15,18H,1,8,10,12-13H2,2-3H3,(H,30,37)(H,31,36)(H,29,33,34)/t18-/m1/s1. The molecule has 0 unspecified atom stereocenters. The molecule has 4 heterocycles. The summed E-state index contributed by atoms with van der Waals surface area (Å²) in [5.74, 6) is 0.133. The number of nitrogens with zero attached hydrogens (tertiary/aromatic N) is 4. The monoisotopic (exact) mass is 517 g/mol. The normalized spacial score (nSPS) is 15.3. The Balaban J connectivity index is 1.35. The van der Waals surface area contributed by atoms with Gasteiger partial charge in [0.05, 0.1) is 5.39 Å². The Kier molecular flexibility index (Phi) is 6.91. The van der Waals surface area contributed by atoms with Gasteiger partial charge in [-0.3, -0.25) is 14.7 Å². The molecule has 0 spiro atoms. The minimum absolute atomic E-state index is 0.00310. The number of aromatic nitrogens is 4. The number of oxazole rings is 1. The quantitative estimate of drug-likeness (QED) is 0.304. The summed E-state index contributed by atoms with van der Waals surface area (Å²) < 4.78 is 20.5. The van der Waals surface area contributed by atoms with Crippen molar-refractivity contribution in [3.8, 4) is 11.1 Å². The molecular weight excluding hydrogens is 489 g/mol. The van der Waals surface area contributed by atoms with Crippen LogP contribution in [0.4, 0.5) is 10.2 Å². The fourth-order valence-corrected chi connectivity index (χ4v) is 4.52. The number of rotatable bonds is 8. The highest BCUT2D eigenvalue weighted by Crippen LogP contribution is 2.35. The van der Waals surface area contributed by atoms with Gasteiger partial charge in [0, 0.05) is 43.4 Å². The van der Waals surface area contributed by atoms with Gasteiger partial charge in [-0.2, -0.15) is 5.10 Å². The van der Waals surface area contributed by atoms with Gasteiger partial charge < -0.3 is 20.0 Å². The number of carbonyl (C=O) groups is 2. The lowest BCUT2D eigenvalue weighted by Crippen LogP contribution is -2.36. The molecule has 0 saturated carbocycles. The van der Waals surface area contributed by atoms with Gasteiger partial charge in [0.2, 0.25) is 5.91 Å². The number of aromatic amines is 1. The predicted octanol–water partition coefficient (Wildman–Crippen LogP) is 3.69. The second-order valence-electron chi connectivity index (χ2n) is 9.49. The van der Waals surface area contributed by atoms with Gasteiger partial charge in [-0.05, 0) is 35.8 Å². The van der Waals surface area contributed by atoms with Crippen molar-refractivity contribution in [2.24, 2.45) is 0 Å². The molecule has 1 fully saturated rings. The molecule has 0 radical (unpaired) electrons. The molecule has 1 atom stereocenters. The number of pyridine rings is 1. The molecule has 1 aromatic carbocycles. The van der Waals surface area contributed by atoms with Gasteiger partial charge in [0.1, 0.15) is 12.1 Å². The Morgan fingerprint density at radius 2 is 2.18 bits per heavy atom. The summed E-state index contributed by atoms with van der Waals surface area (Å²) >= 11 is 0. The largest absolute Gasteiger partial charge is 0.448 e. The molecular formula is C27H28FN7O3. The number of carbonyl (C=O) groups excluding carboxylic acids is 2. The van der Waals surface area contributed by atoms with E-state index < -0.39 is 11.7 Å². The fourth-order valence-electron chi connectivity index (χ4n) is 4.52. The maximum atomic E-state index is 15.1. The third-order valence-corrected chi connectivity index (χ3v) is 6.51. The van der Waals surface area contributed by atoms with Gasteiger partial charge >= 0.3 is 0 Å². The Hall–Kier alpha value is -4.54. The van der Waals surface area contributed by atoms with Crippen molar-refractivity contribution in [1.82, 2.24) is 30.8 Å². The molecule has 1 aliphatic heterocycles. The molecule has 5 rings (SSSR count). The Labute approximate surface area is 218 Å². The molecule has 196 valence electrons. The molecule has 4 aromatic rings. The number of H-pyrrole nitrogens is 1. The van der Waals surface area contributed by atoms with Crippen LogP contribution in [-0.4, -0.2) is 51.1 Å². The molecule has 3 aromatic heterocycles. The average molecular weight is 518 g/mol. The third-order valence-electron chi connectivity index (χ3n) is 6.51. The van der Waals surface area contributed by atoms with Crippen molar-refractivity contribution in [2.45, 2.75) is 38.8 Å². The SMILES string of the molecule is C=CC(=O)N[C@@H]1CCN(c2n[nH]c3nccc(-c4ccc(CNC(=O)c5coc(C(C)C)n5)c(F)c4)c23)C1. The van der Waals surface area contributed by atoms with E-state index in [1.54, 1.807) is 18.3 Å². The van der Waals surface area contributed by atoms with Crippen LogP contribution in [0.25, 0.3) is 22.2 Å². The zero-order chi connectivity index (χ0) is 26.8. The van der Waals surface area contributed by atoms with Gasteiger partial charge in [-0.25, -0.2) is 14.4 Å². The molecule has 0 bridgehead atoms. The highest BCUT2D eigenvalue weighted by molar-refractivity contribution is 6.01. The number of hydrogen-bond acceptors (Lipinski definition) is 7. The van der Waals surface area contributed by atoms with Crippen molar-refractivity contribution in [2.75, 3.05) is 18.0 Å². The first-order valence-corrected chi connectivity index (χ1v) is 12.4. The van der Waals surface area contributed by atoms with Crippen LogP contribution in [0.2, 0.25) is 0 Å². The number of benzene rings is 1. The van der Waals surface area contributed by atoms with Crippen molar-refractivity contribution in [3.63, 3.8) is 0 Å². The molecule has 2 amide bonds. The lowest BCUT2D eigenvalue weighted by molar-refractivity contribution is -0.117. The fraction of sp³-hybridized carbons (Fsp3) is 0.296. The molecule has 11 heteroatoms. The number of nitrogens with one attached hydrogen (secondary N) is 3. The maximum absolute atomic E-state index is 15.1. The summed E-state index contributed by atoms with van der Waals surface area (Å²) in [7, 11) is 0. The summed E-state index contributed by atoms with van der Waals surface area (Å²) in [6, 6.07) is 6.70. The smallest absolute Gasteiger partial charge is 0.273 e. The zero-order valence-corrected chi connectivity index (χ0v) is 21.1. The van der Waals surface area contributed by atoms with E-state index in [9.17, 15) is 9.59 Å². The molecule has 0 aliphatic carbocycles. The third kappa shape index (κ3) is 4.99. The van der Waals surface area contributed by atoms with Crippen LogP contribution in [0.15, 0.2) is 53.8 Å². The van der Waals surface area contributed by atoms with Gasteiger partial charge in [0.15, 0.2) is 23.0 Å². The Morgan fingerprint density at radius 1 is 1.34 bits per heavy atom. The van der Waals surface area contributed by atoms with Crippen LogP contribution < -0.4 is 15.5 Å². The lowest BCUT2D eigenvalue weighted by atomic mass is 10.0. The minimum Gasteiger partial charge on any atom is -0.448 e. The summed E-state index contributed by atoms with van der Waals surface area (Å²) in [5.41, 5.74) is 2.51. The summed E-state index contributed by atoms with van der Waals surface area (Å²) in [6.07, 6.45) is 4.98. The van der Waals surface area contributed by atoms with E-state index in [0.717, 1.165) is 17.4 Å². The molecule has 3 N–H and O–H groups in total. The van der Waals surface area contributed by atoms with Crippen LogP contribution in [0.5, 0.6) is 0 Å². The molecule has 1 aliphatic rings. The average Bonchev–Trinajstić information content (AvgIpc) is 3.67. The van der Waals surface area contributed by atoms with E-state index in [1.165, 1.54) is 18.4 Å². The van der Waals surface area contributed by atoms with E-state index in [0.29, 0.717) is 41.6 Å². The van der Waals surface area contributed by atoms with E-state index in [1.807, 2.05) is 19.9 Å². The Bertz CT molecular complexity index is 1510. The minimum atomic E-state index is -0.450. The van der Waals surface area contributed by atoms with Gasteiger partial charge in [-0.1, -0.05) is 32.6 Å². The molecule has 1 saturated heterocycles. The highest BCUT2D eigenvalue weighted by Gasteiger charge is 2.27. The second kappa shape index (κ2) is 10.4. The summed E-state index contributed by atoms with van der Waals surface area (Å²) in [4.78, 5) is 34.8. The van der Waals surface area contributed by atoms with E-state index in [2.05, 4.69) is 42.3 Å².